The standard InChI is InChI=1S/C19H24N4O3/c1-19(2)8-12-4-3-5-15(18(12)26-19)25-11-16(24)23-7-6-13(10-23)17-14(20)9-21-22-17/h3-5,9,13H,6-8,10-11,20H2,1-2H3,(H,21,22). The average molecular weight is 356 g/mol. The van der Waals surface area contributed by atoms with Gasteiger partial charge in [-0.1, -0.05) is 12.1 Å². The summed E-state index contributed by atoms with van der Waals surface area (Å²) >= 11 is 0. The number of likely N-dealkylation sites (tertiary alicyclic amines) is 1. The summed E-state index contributed by atoms with van der Waals surface area (Å²) in [6, 6.07) is 5.83. The lowest BCUT2D eigenvalue weighted by atomic mass is 10.0. The number of hydrogen-bond donors (Lipinski definition) is 2. The zero-order valence-electron chi connectivity index (χ0n) is 15.1. The monoisotopic (exact) mass is 356 g/mol. The first-order valence-corrected chi connectivity index (χ1v) is 8.93. The number of rotatable bonds is 4. The van der Waals surface area contributed by atoms with Crippen LogP contribution in [-0.4, -0.2) is 46.3 Å². The van der Waals surface area contributed by atoms with Crippen molar-refractivity contribution in [3.05, 3.63) is 35.7 Å². The molecule has 4 rings (SSSR count). The normalized spacial score (nSPS) is 20.7. The number of anilines is 1. The zero-order chi connectivity index (χ0) is 18.3. The van der Waals surface area contributed by atoms with Gasteiger partial charge >= 0.3 is 0 Å². The summed E-state index contributed by atoms with van der Waals surface area (Å²) in [5.74, 6) is 1.57. The van der Waals surface area contributed by atoms with Crippen LogP contribution in [0.2, 0.25) is 0 Å². The second-order valence-corrected chi connectivity index (χ2v) is 7.64. The molecule has 0 spiro atoms. The summed E-state index contributed by atoms with van der Waals surface area (Å²) < 4.78 is 11.8. The van der Waals surface area contributed by atoms with E-state index in [-0.39, 0.29) is 24.0 Å². The van der Waals surface area contributed by atoms with Crippen molar-refractivity contribution in [1.29, 1.82) is 0 Å². The molecule has 1 saturated heterocycles. The number of nitrogens with one attached hydrogen (secondary N) is 1. The van der Waals surface area contributed by atoms with Crippen molar-refractivity contribution in [1.82, 2.24) is 15.1 Å². The van der Waals surface area contributed by atoms with Crippen LogP contribution in [0.25, 0.3) is 0 Å². The minimum absolute atomic E-state index is 0.00538. The number of para-hydroxylation sites is 1. The van der Waals surface area contributed by atoms with E-state index in [4.69, 9.17) is 15.2 Å². The SMILES string of the molecule is CC1(C)Cc2cccc(OCC(=O)N3CCC(c4[nH]ncc4N)C3)c2O1. The molecule has 1 amide bonds. The van der Waals surface area contributed by atoms with Crippen molar-refractivity contribution >= 4 is 11.6 Å². The Kier molecular flexibility index (Phi) is 4.01. The number of carbonyl (C=O) groups is 1. The van der Waals surface area contributed by atoms with E-state index in [9.17, 15) is 4.79 Å². The van der Waals surface area contributed by atoms with Crippen LogP contribution in [0.15, 0.2) is 24.4 Å². The minimum Gasteiger partial charge on any atom is -0.483 e. The molecule has 1 fully saturated rings. The molecule has 0 saturated carbocycles. The number of H-pyrrole nitrogens is 1. The first kappa shape index (κ1) is 16.8. The highest BCUT2D eigenvalue weighted by Crippen LogP contribution is 2.41. The van der Waals surface area contributed by atoms with Crippen LogP contribution >= 0.6 is 0 Å². The van der Waals surface area contributed by atoms with Gasteiger partial charge in [-0.3, -0.25) is 9.89 Å². The largest absolute Gasteiger partial charge is 0.483 e. The van der Waals surface area contributed by atoms with Gasteiger partial charge in [0.25, 0.3) is 5.91 Å². The molecular formula is C19H24N4O3. The van der Waals surface area contributed by atoms with Crippen molar-refractivity contribution in [2.45, 2.75) is 38.2 Å². The summed E-state index contributed by atoms with van der Waals surface area (Å²) in [5.41, 5.74) is 8.37. The van der Waals surface area contributed by atoms with Gasteiger partial charge in [-0.2, -0.15) is 5.10 Å². The second kappa shape index (κ2) is 6.23. The maximum absolute atomic E-state index is 12.5. The summed E-state index contributed by atoms with van der Waals surface area (Å²) in [7, 11) is 0. The third-order valence-corrected chi connectivity index (χ3v) is 5.05. The van der Waals surface area contributed by atoms with Crippen LogP contribution in [0.5, 0.6) is 11.5 Å². The summed E-state index contributed by atoms with van der Waals surface area (Å²) in [6.07, 6.45) is 3.32. The number of hydrogen-bond acceptors (Lipinski definition) is 5. The third-order valence-electron chi connectivity index (χ3n) is 5.05. The molecule has 138 valence electrons. The summed E-state index contributed by atoms with van der Waals surface area (Å²) in [6.45, 7) is 5.43. The van der Waals surface area contributed by atoms with E-state index in [1.54, 1.807) is 6.20 Å². The van der Waals surface area contributed by atoms with Crippen LogP contribution in [0.3, 0.4) is 0 Å². The number of nitrogens with zero attached hydrogens (tertiary/aromatic N) is 2. The number of ether oxygens (including phenoxy) is 2. The van der Waals surface area contributed by atoms with E-state index in [1.165, 1.54) is 0 Å². The third kappa shape index (κ3) is 3.09. The van der Waals surface area contributed by atoms with Gasteiger partial charge < -0.3 is 20.1 Å². The zero-order valence-corrected chi connectivity index (χ0v) is 15.1. The van der Waals surface area contributed by atoms with E-state index in [0.29, 0.717) is 24.5 Å². The molecule has 26 heavy (non-hydrogen) atoms. The number of aromatic nitrogens is 2. The highest BCUT2D eigenvalue weighted by atomic mass is 16.5. The smallest absolute Gasteiger partial charge is 0.260 e. The van der Waals surface area contributed by atoms with Gasteiger partial charge in [0.15, 0.2) is 18.1 Å². The Labute approximate surface area is 152 Å². The van der Waals surface area contributed by atoms with Crippen LogP contribution in [-0.2, 0) is 11.2 Å². The van der Waals surface area contributed by atoms with Crippen LogP contribution in [0, 0.1) is 0 Å². The summed E-state index contributed by atoms with van der Waals surface area (Å²) in [4.78, 5) is 14.4. The fourth-order valence-corrected chi connectivity index (χ4v) is 3.79. The van der Waals surface area contributed by atoms with Gasteiger partial charge in [-0.15, -0.1) is 0 Å². The number of carbonyl (C=O) groups excluding carboxylic acids is 1. The van der Waals surface area contributed by atoms with Crippen molar-refractivity contribution in [2.24, 2.45) is 0 Å². The molecular weight excluding hydrogens is 332 g/mol. The molecule has 7 nitrogen and oxygen atoms in total. The van der Waals surface area contributed by atoms with Gasteiger partial charge in [-0.25, -0.2) is 0 Å². The Morgan fingerprint density at radius 3 is 3.12 bits per heavy atom. The average Bonchev–Trinajstić information content (AvgIpc) is 3.29. The highest BCUT2D eigenvalue weighted by Gasteiger charge is 2.33. The Morgan fingerprint density at radius 2 is 2.35 bits per heavy atom. The lowest BCUT2D eigenvalue weighted by molar-refractivity contribution is -0.132. The first-order chi connectivity index (χ1) is 12.4. The lowest BCUT2D eigenvalue weighted by Crippen LogP contribution is -2.33. The van der Waals surface area contributed by atoms with E-state index in [2.05, 4.69) is 10.2 Å². The number of amides is 1. The number of benzene rings is 1. The molecule has 2 aromatic rings. The predicted molar refractivity (Wildman–Crippen MR) is 97.3 cm³/mol. The topological polar surface area (TPSA) is 93.5 Å². The lowest BCUT2D eigenvalue weighted by Gasteiger charge is -2.19. The van der Waals surface area contributed by atoms with Crippen molar-refractivity contribution in [2.75, 3.05) is 25.4 Å². The number of aromatic amines is 1. The van der Waals surface area contributed by atoms with Crippen LogP contribution < -0.4 is 15.2 Å². The van der Waals surface area contributed by atoms with Gasteiger partial charge in [0.2, 0.25) is 0 Å². The molecule has 0 aliphatic carbocycles. The molecule has 1 aromatic heterocycles. The van der Waals surface area contributed by atoms with Gasteiger partial charge in [0, 0.05) is 31.0 Å². The molecule has 3 heterocycles. The van der Waals surface area contributed by atoms with E-state index < -0.39 is 0 Å². The molecule has 3 N–H and O–H groups in total. The van der Waals surface area contributed by atoms with Gasteiger partial charge in [0.1, 0.15) is 5.60 Å². The molecule has 0 bridgehead atoms. The molecule has 0 radical (unpaired) electrons. The van der Waals surface area contributed by atoms with Crippen molar-refractivity contribution < 1.29 is 14.3 Å². The second-order valence-electron chi connectivity index (χ2n) is 7.64. The van der Waals surface area contributed by atoms with Crippen molar-refractivity contribution in [3.63, 3.8) is 0 Å². The fourth-order valence-electron chi connectivity index (χ4n) is 3.79. The number of fused-ring (bicyclic) bond motifs is 1. The minimum atomic E-state index is -0.238. The maximum Gasteiger partial charge on any atom is 0.260 e. The van der Waals surface area contributed by atoms with E-state index in [0.717, 1.165) is 29.8 Å². The fraction of sp³-hybridized carbons (Fsp3) is 0.474. The van der Waals surface area contributed by atoms with Crippen LogP contribution in [0.4, 0.5) is 5.69 Å². The number of nitrogens with two attached hydrogens (primary N) is 1. The van der Waals surface area contributed by atoms with E-state index in [1.807, 2.05) is 36.9 Å². The highest BCUT2D eigenvalue weighted by molar-refractivity contribution is 5.78. The maximum atomic E-state index is 12.5. The molecule has 1 atom stereocenters. The molecule has 2 aliphatic rings. The van der Waals surface area contributed by atoms with Gasteiger partial charge in [-0.05, 0) is 26.3 Å². The number of nitrogen functional groups attached to an aromatic ring is 1. The van der Waals surface area contributed by atoms with E-state index >= 15 is 0 Å². The predicted octanol–water partition coefficient (Wildman–Crippen LogP) is 2.10. The molecule has 7 heteroatoms. The van der Waals surface area contributed by atoms with Crippen molar-refractivity contribution in [3.8, 4) is 11.5 Å². The Morgan fingerprint density at radius 1 is 1.50 bits per heavy atom. The molecule has 2 aliphatic heterocycles. The summed E-state index contributed by atoms with van der Waals surface area (Å²) in [5, 5.41) is 6.90. The Bertz CT molecular complexity index is 830. The first-order valence-electron chi connectivity index (χ1n) is 8.93. The molecule has 1 aromatic carbocycles. The quantitative estimate of drug-likeness (QED) is 0.875. The Hall–Kier alpha value is -2.70. The van der Waals surface area contributed by atoms with Crippen LogP contribution in [0.1, 0.15) is 37.4 Å². The molecule has 1 unspecified atom stereocenters. The van der Waals surface area contributed by atoms with Gasteiger partial charge in [0.05, 0.1) is 17.6 Å². The Balaban J connectivity index is 1.37.